The van der Waals surface area contributed by atoms with Crippen molar-refractivity contribution in [3.8, 4) is 0 Å². The summed E-state index contributed by atoms with van der Waals surface area (Å²) in [5.41, 5.74) is 1.98. The van der Waals surface area contributed by atoms with Crippen molar-refractivity contribution in [1.29, 1.82) is 0 Å². The Bertz CT molecular complexity index is 359. The number of aromatic nitrogens is 1. The minimum atomic E-state index is 0.586. The molecule has 0 amide bonds. The molecule has 18 heavy (non-hydrogen) atoms. The van der Waals surface area contributed by atoms with E-state index in [9.17, 15) is 0 Å². The van der Waals surface area contributed by atoms with E-state index in [0.29, 0.717) is 5.41 Å². The van der Waals surface area contributed by atoms with E-state index in [1.54, 1.807) is 0 Å². The van der Waals surface area contributed by atoms with Crippen molar-refractivity contribution >= 4 is 0 Å². The maximum Gasteiger partial charge on any atom is 0.0220 e. The van der Waals surface area contributed by atoms with Crippen molar-refractivity contribution in [2.24, 2.45) is 18.4 Å². The van der Waals surface area contributed by atoms with Gasteiger partial charge in [-0.25, -0.2) is 0 Å². The molecule has 2 nitrogen and oxygen atoms in total. The Hall–Kier alpha value is -0.760. The Morgan fingerprint density at radius 1 is 1.33 bits per heavy atom. The molecule has 1 fully saturated rings. The van der Waals surface area contributed by atoms with Crippen LogP contribution in [0.1, 0.15) is 51.5 Å². The fourth-order valence-electron chi connectivity index (χ4n) is 3.58. The predicted octanol–water partition coefficient (Wildman–Crippen LogP) is 3.72. The molecule has 0 spiro atoms. The van der Waals surface area contributed by atoms with Gasteiger partial charge >= 0.3 is 0 Å². The van der Waals surface area contributed by atoms with E-state index >= 15 is 0 Å². The van der Waals surface area contributed by atoms with Gasteiger partial charge in [0.05, 0.1) is 0 Å². The standard InChI is InChI=1S/C16H28N2/c1-14(2)10-16(7-4-5-8-16)13-17-11-15-6-9-18(3)12-15/h6,9,12,14,17H,4-5,7-8,10-11,13H2,1-3H3. The monoisotopic (exact) mass is 248 g/mol. The average Bonchev–Trinajstić information content (AvgIpc) is 2.88. The summed E-state index contributed by atoms with van der Waals surface area (Å²) in [5.74, 6) is 0.821. The molecule has 2 heteroatoms. The topological polar surface area (TPSA) is 17.0 Å². The lowest BCUT2D eigenvalue weighted by molar-refractivity contribution is 0.223. The second kappa shape index (κ2) is 5.92. The van der Waals surface area contributed by atoms with Crippen LogP contribution in [0, 0.1) is 11.3 Å². The molecular formula is C16H28N2. The van der Waals surface area contributed by atoms with E-state index in [2.05, 4.69) is 49.2 Å². The molecule has 1 heterocycles. The lowest BCUT2D eigenvalue weighted by Gasteiger charge is -2.31. The van der Waals surface area contributed by atoms with Crippen LogP contribution in [0.5, 0.6) is 0 Å². The minimum Gasteiger partial charge on any atom is -0.357 e. The summed E-state index contributed by atoms with van der Waals surface area (Å²) in [6.07, 6.45) is 11.4. The minimum absolute atomic E-state index is 0.586. The zero-order chi connectivity index (χ0) is 13.0. The lowest BCUT2D eigenvalue weighted by atomic mass is 9.78. The first-order valence-electron chi connectivity index (χ1n) is 7.41. The van der Waals surface area contributed by atoms with E-state index in [-0.39, 0.29) is 0 Å². The fraction of sp³-hybridized carbons (Fsp3) is 0.750. The molecule has 1 aromatic rings. The van der Waals surface area contributed by atoms with E-state index < -0.39 is 0 Å². The zero-order valence-corrected chi connectivity index (χ0v) is 12.2. The van der Waals surface area contributed by atoms with Gasteiger partial charge in [0.25, 0.3) is 0 Å². The van der Waals surface area contributed by atoms with E-state index in [0.717, 1.165) is 12.5 Å². The van der Waals surface area contributed by atoms with Gasteiger partial charge in [-0.1, -0.05) is 26.7 Å². The van der Waals surface area contributed by atoms with Gasteiger partial charge in [-0.3, -0.25) is 0 Å². The van der Waals surface area contributed by atoms with Crippen LogP contribution in [0.2, 0.25) is 0 Å². The maximum atomic E-state index is 3.69. The summed E-state index contributed by atoms with van der Waals surface area (Å²) in [7, 11) is 2.08. The van der Waals surface area contributed by atoms with Crippen molar-refractivity contribution < 1.29 is 0 Å². The molecule has 1 aliphatic carbocycles. The van der Waals surface area contributed by atoms with Crippen LogP contribution in [0.3, 0.4) is 0 Å². The van der Waals surface area contributed by atoms with Crippen molar-refractivity contribution in [1.82, 2.24) is 9.88 Å². The van der Waals surface area contributed by atoms with Crippen LogP contribution >= 0.6 is 0 Å². The number of nitrogens with zero attached hydrogens (tertiary/aromatic N) is 1. The molecule has 0 saturated heterocycles. The van der Waals surface area contributed by atoms with Gasteiger partial charge in [0.1, 0.15) is 0 Å². The first kappa shape index (κ1) is 13.7. The van der Waals surface area contributed by atoms with Crippen LogP contribution in [-0.4, -0.2) is 11.1 Å². The quantitative estimate of drug-likeness (QED) is 0.812. The summed E-state index contributed by atoms with van der Waals surface area (Å²) < 4.78 is 2.12. The summed E-state index contributed by atoms with van der Waals surface area (Å²) in [5, 5.41) is 3.69. The highest BCUT2D eigenvalue weighted by atomic mass is 14.9. The molecule has 0 unspecified atom stereocenters. The Morgan fingerprint density at radius 3 is 2.61 bits per heavy atom. The van der Waals surface area contributed by atoms with Gasteiger partial charge < -0.3 is 9.88 Å². The molecule has 0 aromatic carbocycles. The summed E-state index contributed by atoms with van der Waals surface area (Å²) in [4.78, 5) is 0. The van der Waals surface area contributed by atoms with E-state index in [1.165, 1.54) is 44.2 Å². The number of rotatable bonds is 6. The second-order valence-corrected chi connectivity index (χ2v) is 6.59. The highest BCUT2D eigenvalue weighted by molar-refractivity contribution is 5.09. The SMILES string of the molecule is CC(C)CC1(CNCc2ccn(C)c2)CCCC1. The molecular weight excluding hydrogens is 220 g/mol. The summed E-state index contributed by atoms with van der Waals surface area (Å²) >= 11 is 0. The first-order chi connectivity index (χ1) is 8.60. The Morgan fingerprint density at radius 2 is 2.06 bits per heavy atom. The molecule has 0 radical (unpaired) electrons. The molecule has 1 saturated carbocycles. The number of hydrogen-bond donors (Lipinski definition) is 1. The van der Waals surface area contributed by atoms with Gasteiger partial charge in [-0.05, 0) is 42.2 Å². The van der Waals surface area contributed by atoms with Gasteiger partial charge in [0.15, 0.2) is 0 Å². The Kier molecular flexibility index (Phi) is 4.50. The lowest BCUT2D eigenvalue weighted by Crippen LogP contribution is -2.33. The molecule has 1 aromatic heterocycles. The van der Waals surface area contributed by atoms with Crippen molar-refractivity contribution in [2.45, 2.75) is 52.5 Å². The largest absolute Gasteiger partial charge is 0.357 e. The van der Waals surface area contributed by atoms with Gasteiger partial charge in [-0.15, -0.1) is 0 Å². The van der Waals surface area contributed by atoms with Crippen molar-refractivity contribution in [3.63, 3.8) is 0 Å². The molecule has 102 valence electrons. The van der Waals surface area contributed by atoms with Gasteiger partial charge in [-0.2, -0.15) is 0 Å². The van der Waals surface area contributed by atoms with Crippen LogP contribution in [-0.2, 0) is 13.6 Å². The summed E-state index contributed by atoms with van der Waals surface area (Å²) in [6.45, 7) is 6.93. The van der Waals surface area contributed by atoms with E-state index in [4.69, 9.17) is 0 Å². The third-order valence-corrected chi connectivity index (χ3v) is 4.23. The van der Waals surface area contributed by atoms with Gasteiger partial charge in [0.2, 0.25) is 0 Å². The van der Waals surface area contributed by atoms with Crippen LogP contribution < -0.4 is 5.32 Å². The zero-order valence-electron chi connectivity index (χ0n) is 12.2. The van der Waals surface area contributed by atoms with Crippen LogP contribution in [0.15, 0.2) is 18.5 Å². The first-order valence-corrected chi connectivity index (χ1v) is 7.41. The maximum absolute atomic E-state index is 3.69. The van der Waals surface area contributed by atoms with Crippen LogP contribution in [0.4, 0.5) is 0 Å². The fourth-order valence-corrected chi connectivity index (χ4v) is 3.58. The number of nitrogens with one attached hydrogen (secondary N) is 1. The summed E-state index contributed by atoms with van der Waals surface area (Å²) in [6, 6.07) is 2.21. The Balaban J connectivity index is 1.82. The van der Waals surface area contributed by atoms with Crippen LogP contribution in [0.25, 0.3) is 0 Å². The predicted molar refractivity (Wildman–Crippen MR) is 77.5 cm³/mol. The van der Waals surface area contributed by atoms with Crippen molar-refractivity contribution in [3.05, 3.63) is 24.0 Å². The molecule has 0 aliphatic heterocycles. The number of hydrogen-bond acceptors (Lipinski definition) is 1. The molecule has 1 aliphatic rings. The molecule has 0 bridgehead atoms. The Labute approximate surface area is 112 Å². The second-order valence-electron chi connectivity index (χ2n) is 6.59. The molecule has 0 atom stereocenters. The third-order valence-electron chi connectivity index (χ3n) is 4.23. The average molecular weight is 248 g/mol. The normalized spacial score (nSPS) is 18.7. The molecule has 1 N–H and O–H groups in total. The highest BCUT2D eigenvalue weighted by Crippen LogP contribution is 2.42. The van der Waals surface area contributed by atoms with E-state index in [1.807, 2.05) is 0 Å². The third kappa shape index (κ3) is 3.61. The smallest absolute Gasteiger partial charge is 0.0220 e. The number of aryl methyl sites for hydroxylation is 1. The highest BCUT2D eigenvalue weighted by Gasteiger charge is 2.33. The van der Waals surface area contributed by atoms with Gasteiger partial charge in [0, 0.05) is 32.5 Å². The van der Waals surface area contributed by atoms with Crippen molar-refractivity contribution in [2.75, 3.05) is 6.54 Å². The molecule has 2 rings (SSSR count).